The van der Waals surface area contributed by atoms with Gasteiger partial charge in [-0.15, -0.1) is 22.7 Å². The summed E-state index contributed by atoms with van der Waals surface area (Å²) in [6.45, 7) is 0. The lowest BCUT2D eigenvalue weighted by atomic mass is 9.81. The second-order valence-electron chi connectivity index (χ2n) is 9.58. The van der Waals surface area contributed by atoms with Crippen LogP contribution in [0, 0.1) is 34.5 Å². The third-order valence-electron chi connectivity index (χ3n) is 7.51. The molecule has 0 unspecified atom stereocenters. The maximum Gasteiger partial charge on any atom is 0.228 e. The van der Waals surface area contributed by atoms with E-state index in [2.05, 4.69) is 22.8 Å². The molecule has 8 heteroatoms. The average Bonchev–Trinajstić information content (AvgIpc) is 3.40. The first-order valence-electron chi connectivity index (χ1n) is 12.3. The molecule has 0 spiro atoms. The number of amides is 2. The number of nitriles is 2. The van der Waals surface area contributed by atoms with Crippen molar-refractivity contribution in [1.82, 2.24) is 0 Å². The van der Waals surface area contributed by atoms with Crippen molar-refractivity contribution in [2.24, 2.45) is 11.8 Å². The molecule has 5 rings (SSSR count). The van der Waals surface area contributed by atoms with Gasteiger partial charge in [-0.25, -0.2) is 0 Å². The molecule has 0 atom stereocenters. The van der Waals surface area contributed by atoms with Crippen LogP contribution in [0.3, 0.4) is 0 Å². The van der Waals surface area contributed by atoms with Crippen LogP contribution in [0.5, 0.6) is 0 Å². The third-order valence-corrected chi connectivity index (χ3v) is 9.92. The number of hydrogen-bond acceptors (Lipinski definition) is 6. The van der Waals surface area contributed by atoms with Crippen LogP contribution in [-0.2, 0) is 35.3 Å². The summed E-state index contributed by atoms with van der Waals surface area (Å²) < 4.78 is 0. The van der Waals surface area contributed by atoms with Gasteiger partial charge in [0.15, 0.2) is 0 Å². The van der Waals surface area contributed by atoms with Crippen LogP contribution < -0.4 is 10.6 Å². The molecule has 6 nitrogen and oxygen atoms in total. The van der Waals surface area contributed by atoms with Crippen LogP contribution in [0.4, 0.5) is 10.0 Å². The first-order valence-corrected chi connectivity index (χ1v) is 13.9. The normalized spacial score (nSPS) is 21.5. The second kappa shape index (κ2) is 9.90. The molecule has 1 fully saturated rings. The predicted octanol–water partition coefficient (Wildman–Crippen LogP) is 5.69. The highest BCUT2D eigenvalue weighted by atomic mass is 32.1. The summed E-state index contributed by atoms with van der Waals surface area (Å²) >= 11 is 3.11. The summed E-state index contributed by atoms with van der Waals surface area (Å²) in [7, 11) is 0. The van der Waals surface area contributed by atoms with E-state index in [0.717, 1.165) is 62.5 Å². The molecule has 0 radical (unpaired) electrons. The van der Waals surface area contributed by atoms with Crippen LogP contribution in [0.15, 0.2) is 0 Å². The molecule has 3 aliphatic carbocycles. The van der Waals surface area contributed by atoms with E-state index in [4.69, 9.17) is 0 Å². The number of rotatable bonds is 4. The van der Waals surface area contributed by atoms with Gasteiger partial charge in [-0.1, -0.05) is 0 Å². The molecule has 0 aliphatic heterocycles. The summed E-state index contributed by atoms with van der Waals surface area (Å²) in [5.74, 6) is -0.352. The van der Waals surface area contributed by atoms with Crippen LogP contribution in [0.2, 0.25) is 0 Å². The Labute approximate surface area is 208 Å². The SMILES string of the molecule is N#Cc1c(NC(=O)C2CCC(C(=O)Nc3sc4c(c3C#N)CCCC4)CC2)sc2c1CCCC2. The molecule has 2 amide bonds. The number of carbonyl (C=O) groups excluding carboxylic acids is 2. The Hall–Kier alpha value is -2.68. The number of thiophene rings is 2. The lowest BCUT2D eigenvalue weighted by Gasteiger charge is -2.26. The quantitative estimate of drug-likeness (QED) is 0.571. The van der Waals surface area contributed by atoms with Gasteiger partial charge < -0.3 is 10.6 Å². The largest absolute Gasteiger partial charge is 0.316 e. The van der Waals surface area contributed by atoms with E-state index in [1.165, 1.54) is 9.75 Å². The van der Waals surface area contributed by atoms with Crippen molar-refractivity contribution in [2.75, 3.05) is 10.6 Å². The van der Waals surface area contributed by atoms with E-state index in [0.29, 0.717) is 46.8 Å². The number of anilines is 2. The number of fused-ring (bicyclic) bond motifs is 2. The van der Waals surface area contributed by atoms with Crippen LogP contribution >= 0.6 is 22.7 Å². The van der Waals surface area contributed by atoms with Gasteiger partial charge in [0.25, 0.3) is 0 Å². The van der Waals surface area contributed by atoms with Crippen molar-refractivity contribution in [3.8, 4) is 12.1 Å². The fraction of sp³-hybridized carbons (Fsp3) is 0.538. The zero-order valence-electron chi connectivity index (χ0n) is 19.2. The Morgan fingerprint density at radius 3 is 1.44 bits per heavy atom. The molecular formula is C26H28N4O2S2. The number of nitrogens with zero attached hydrogens (tertiary/aromatic N) is 2. The monoisotopic (exact) mass is 492 g/mol. The smallest absolute Gasteiger partial charge is 0.228 e. The molecule has 2 heterocycles. The lowest BCUT2D eigenvalue weighted by Crippen LogP contribution is -2.32. The molecule has 2 aromatic heterocycles. The maximum atomic E-state index is 13.0. The topological polar surface area (TPSA) is 106 Å². The first kappa shape index (κ1) is 23.1. The Balaban J connectivity index is 1.19. The molecule has 0 saturated heterocycles. The highest BCUT2D eigenvalue weighted by molar-refractivity contribution is 7.17. The fourth-order valence-corrected chi connectivity index (χ4v) is 8.08. The Morgan fingerprint density at radius 1 is 0.676 bits per heavy atom. The van der Waals surface area contributed by atoms with Crippen molar-refractivity contribution >= 4 is 44.5 Å². The minimum atomic E-state index is -0.140. The van der Waals surface area contributed by atoms with E-state index in [1.807, 2.05) is 0 Å². The molecule has 3 aliphatic rings. The molecular weight excluding hydrogens is 464 g/mol. The summed E-state index contributed by atoms with van der Waals surface area (Å²) in [5, 5.41) is 26.7. The van der Waals surface area contributed by atoms with E-state index < -0.39 is 0 Å². The van der Waals surface area contributed by atoms with E-state index in [-0.39, 0.29) is 23.7 Å². The molecule has 34 heavy (non-hydrogen) atoms. The second-order valence-corrected chi connectivity index (χ2v) is 11.8. The van der Waals surface area contributed by atoms with Gasteiger partial charge in [-0.3, -0.25) is 9.59 Å². The van der Waals surface area contributed by atoms with Gasteiger partial charge in [-0.2, -0.15) is 10.5 Å². The molecule has 1 saturated carbocycles. The van der Waals surface area contributed by atoms with Crippen molar-refractivity contribution < 1.29 is 9.59 Å². The zero-order chi connectivity index (χ0) is 23.7. The highest BCUT2D eigenvalue weighted by Gasteiger charge is 2.32. The minimum absolute atomic E-state index is 0.0355. The number of aryl methyl sites for hydroxylation is 2. The number of nitrogens with one attached hydrogen (secondary N) is 2. The van der Waals surface area contributed by atoms with Crippen LogP contribution in [0.1, 0.15) is 83.4 Å². The van der Waals surface area contributed by atoms with Gasteiger partial charge in [0.05, 0.1) is 11.1 Å². The van der Waals surface area contributed by atoms with Crippen LogP contribution in [0.25, 0.3) is 0 Å². The van der Waals surface area contributed by atoms with E-state index in [9.17, 15) is 20.1 Å². The Morgan fingerprint density at radius 2 is 1.06 bits per heavy atom. The van der Waals surface area contributed by atoms with E-state index >= 15 is 0 Å². The van der Waals surface area contributed by atoms with Crippen molar-refractivity contribution in [1.29, 1.82) is 10.5 Å². The average molecular weight is 493 g/mol. The first-order chi connectivity index (χ1) is 16.6. The summed E-state index contributed by atoms with van der Waals surface area (Å²) in [4.78, 5) is 28.4. The summed E-state index contributed by atoms with van der Waals surface area (Å²) in [5.41, 5.74) is 3.55. The zero-order valence-corrected chi connectivity index (χ0v) is 20.8. The van der Waals surface area contributed by atoms with Crippen molar-refractivity contribution in [3.05, 3.63) is 32.0 Å². The van der Waals surface area contributed by atoms with Gasteiger partial charge in [-0.05, 0) is 88.2 Å². The maximum absolute atomic E-state index is 13.0. The van der Waals surface area contributed by atoms with Gasteiger partial charge >= 0.3 is 0 Å². The van der Waals surface area contributed by atoms with Gasteiger partial charge in [0, 0.05) is 21.6 Å². The van der Waals surface area contributed by atoms with Gasteiger partial charge in [0.1, 0.15) is 22.1 Å². The predicted molar refractivity (Wildman–Crippen MR) is 134 cm³/mol. The number of hydrogen-bond donors (Lipinski definition) is 2. The highest BCUT2D eigenvalue weighted by Crippen LogP contribution is 2.40. The molecule has 0 aromatic carbocycles. The fourth-order valence-electron chi connectivity index (χ4n) is 5.59. The Kier molecular flexibility index (Phi) is 6.72. The van der Waals surface area contributed by atoms with E-state index in [1.54, 1.807) is 22.7 Å². The molecule has 2 N–H and O–H groups in total. The van der Waals surface area contributed by atoms with Crippen molar-refractivity contribution in [3.63, 3.8) is 0 Å². The number of carbonyl (C=O) groups is 2. The van der Waals surface area contributed by atoms with Gasteiger partial charge in [0.2, 0.25) is 11.8 Å². The lowest BCUT2D eigenvalue weighted by molar-refractivity contribution is -0.125. The van der Waals surface area contributed by atoms with Crippen LogP contribution in [-0.4, -0.2) is 11.8 Å². The standard InChI is InChI=1S/C26H28N4O2S2/c27-13-19-17-5-1-3-7-21(17)33-25(19)29-23(31)15-9-11-16(12-10-15)24(32)30-26-20(14-28)18-6-2-4-8-22(18)34-26/h15-16H,1-12H2,(H,29,31)(H,30,32). The molecule has 0 bridgehead atoms. The molecule has 2 aromatic rings. The third kappa shape index (κ3) is 4.37. The summed E-state index contributed by atoms with van der Waals surface area (Å²) in [6.07, 6.45) is 10.9. The molecule has 176 valence electrons. The Bertz CT molecular complexity index is 1110. The minimum Gasteiger partial charge on any atom is -0.316 e. The summed E-state index contributed by atoms with van der Waals surface area (Å²) in [6, 6.07) is 4.61. The van der Waals surface area contributed by atoms with Crippen molar-refractivity contribution in [2.45, 2.75) is 77.0 Å².